The Morgan fingerprint density at radius 2 is 0.315 bits per heavy atom. The lowest BCUT2D eigenvalue weighted by Crippen LogP contribution is -2.25. The Morgan fingerprint density at radius 3 is 0.467 bits per heavy atom. The Labute approximate surface area is 579 Å². The van der Waals surface area contributed by atoms with Gasteiger partial charge in [0.05, 0.1) is 26.4 Å². The summed E-state index contributed by atoms with van der Waals surface area (Å²) < 4.78 is 24.4. The summed E-state index contributed by atoms with van der Waals surface area (Å²) in [5.41, 5.74) is 0. The van der Waals surface area contributed by atoms with Crippen LogP contribution in [0.25, 0.3) is 0 Å². The van der Waals surface area contributed by atoms with Crippen molar-refractivity contribution in [2.45, 2.75) is 406 Å². The molecule has 1 saturated heterocycles. The van der Waals surface area contributed by atoms with E-state index in [9.17, 15) is 10.2 Å². The monoisotopic (exact) mass is 1300 g/mol. The zero-order valence-electron chi connectivity index (χ0n) is 65.7. The molecule has 6 heteroatoms. The van der Waals surface area contributed by atoms with E-state index in [2.05, 4.69) is 111 Å². The minimum atomic E-state index is -0.204. The van der Waals surface area contributed by atoms with E-state index in [0.717, 1.165) is 123 Å². The Morgan fingerprint density at radius 1 is 0.185 bits per heavy atom. The highest BCUT2D eigenvalue weighted by Gasteiger charge is 2.18. The predicted octanol–water partition coefficient (Wildman–Crippen LogP) is 26.1. The highest BCUT2D eigenvalue weighted by atomic mass is 16.5. The molecule has 1 heterocycles. The van der Waals surface area contributed by atoms with Crippen LogP contribution < -0.4 is 0 Å². The summed E-state index contributed by atoms with van der Waals surface area (Å²) in [5.74, 6) is 12.9. The summed E-state index contributed by atoms with van der Waals surface area (Å²) in [6.45, 7) is 43.7. The van der Waals surface area contributed by atoms with Crippen molar-refractivity contribution in [1.29, 1.82) is 0 Å². The molecule has 1 aliphatic heterocycles. The van der Waals surface area contributed by atoms with Gasteiger partial charge in [-0.15, -0.1) is 0 Å². The molecule has 2 unspecified atom stereocenters. The number of aliphatic hydroxyl groups excluding tert-OH is 2. The van der Waals surface area contributed by atoms with E-state index in [1.165, 1.54) is 257 Å². The minimum absolute atomic E-state index is 0.0414. The van der Waals surface area contributed by atoms with Gasteiger partial charge < -0.3 is 29.2 Å². The summed E-state index contributed by atoms with van der Waals surface area (Å²) >= 11 is 0. The largest absolute Gasteiger partial charge is 0.394 e. The van der Waals surface area contributed by atoms with E-state index in [4.69, 9.17) is 18.9 Å². The second kappa shape index (κ2) is 60.7. The van der Waals surface area contributed by atoms with Crippen LogP contribution in [0.4, 0.5) is 0 Å². The molecule has 18 atom stereocenters. The highest BCUT2D eigenvalue weighted by molar-refractivity contribution is 4.70. The van der Waals surface area contributed by atoms with Gasteiger partial charge in [-0.25, -0.2) is 0 Å². The molecule has 1 aliphatic rings. The molecule has 0 bridgehead atoms. The number of ether oxygens (including phenoxy) is 4. The second-order valence-corrected chi connectivity index (χ2v) is 34.7. The van der Waals surface area contributed by atoms with Crippen LogP contribution in [0.3, 0.4) is 0 Å². The van der Waals surface area contributed by atoms with Crippen molar-refractivity contribution < 1.29 is 29.2 Å². The lowest BCUT2D eigenvalue weighted by Gasteiger charge is -2.19. The van der Waals surface area contributed by atoms with Crippen molar-refractivity contribution in [3.05, 3.63) is 0 Å². The van der Waals surface area contributed by atoms with E-state index in [1.54, 1.807) is 0 Å². The zero-order valence-corrected chi connectivity index (χ0v) is 65.7. The van der Waals surface area contributed by atoms with Gasteiger partial charge in [-0.05, 0) is 120 Å². The maximum Gasteiger partial charge on any atom is 0.104 e. The van der Waals surface area contributed by atoms with Gasteiger partial charge in [0.25, 0.3) is 0 Å². The van der Waals surface area contributed by atoms with Crippen molar-refractivity contribution in [2.24, 2.45) is 94.7 Å². The number of hydrogen-bond acceptors (Lipinski definition) is 6. The van der Waals surface area contributed by atoms with E-state index >= 15 is 0 Å². The molecule has 1 fully saturated rings. The van der Waals surface area contributed by atoms with Gasteiger partial charge in [0.15, 0.2) is 0 Å². The summed E-state index contributed by atoms with van der Waals surface area (Å²) in [4.78, 5) is 0. The van der Waals surface area contributed by atoms with E-state index in [-0.39, 0.29) is 25.4 Å². The molecule has 552 valence electrons. The molecule has 0 aliphatic carbocycles. The summed E-state index contributed by atoms with van der Waals surface area (Å²) in [7, 11) is 0. The van der Waals surface area contributed by atoms with E-state index in [0.29, 0.717) is 36.9 Å². The van der Waals surface area contributed by atoms with Crippen LogP contribution in [-0.2, 0) is 18.9 Å². The molecule has 1 rings (SSSR count). The molecule has 92 heavy (non-hydrogen) atoms. The molecule has 0 saturated carbocycles. The van der Waals surface area contributed by atoms with Gasteiger partial charge in [0.1, 0.15) is 12.2 Å². The fourth-order valence-corrected chi connectivity index (χ4v) is 15.4. The van der Waals surface area contributed by atoms with Crippen LogP contribution in [0.2, 0.25) is 0 Å². The van der Waals surface area contributed by atoms with Crippen molar-refractivity contribution in [3.63, 3.8) is 0 Å². The normalized spacial score (nSPS) is 36.1. The van der Waals surface area contributed by atoms with Gasteiger partial charge >= 0.3 is 0 Å². The second-order valence-electron chi connectivity index (χ2n) is 34.7. The molecule has 0 aromatic rings. The smallest absolute Gasteiger partial charge is 0.104 e. The molecule has 0 aromatic heterocycles. The van der Waals surface area contributed by atoms with Crippen LogP contribution in [-0.4, -0.2) is 75.3 Å². The highest BCUT2D eigenvalue weighted by Crippen LogP contribution is 2.31. The zero-order chi connectivity index (χ0) is 68.0. The molecule has 6 nitrogen and oxygen atoms in total. The summed E-state index contributed by atoms with van der Waals surface area (Å²) in [6, 6.07) is 0. The fraction of sp³-hybridized carbons (Fsp3) is 1.00. The van der Waals surface area contributed by atoms with E-state index < -0.39 is 0 Å². The maximum atomic E-state index is 10.0. The third-order valence-corrected chi connectivity index (χ3v) is 23.5. The van der Waals surface area contributed by atoms with Crippen molar-refractivity contribution in [1.82, 2.24) is 0 Å². The van der Waals surface area contributed by atoms with Crippen LogP contribution in [0.1, 0.15) is 393 Å². The summed E-state index contributed by atoms with van der Waals surface area (Å²) in [5, 5.41) is 20.1. The lowest BCUT2D eigenvalue weighted by atomic mass is 9.88. The lowest BCUT2D eigenvalue weighted by molar-refractivity contribution is -0.0471. The first-order chi connectivity index (χ1) is 44.2. The Hall–Kier alpha value is -0.240. The van der Waals surface area contributed by atoms with Gasteiger partial charge in [0, 0.05) is 26.4 Å². The Kier molecular flexibility index (Phi) is 59.2. The van der Waals surface area contributed by atoms with Crippen molar-refractivity contribution >= 4 is 0 Å². The first-order valence-electron chi connectivity index (χ1n) is 41.8. The Balaban J connectivity index is 2.51. The average Bonchev–Trinajstić information content (AvgIpc) is 3.70. The first kappa shape index (κ1) is 89.8. The third kappa shape index (κ3) is 56.6. The molecule has 0 radical (unpaired) electrons. The van der Waals surface area contributed by atoms with Crippen molar-refractivity contribution in [2.75, 3.05) is 52.9 Å². The number of aliphatic hydroxyl groups is 2. The molecule has 0 amide bonds. The SMILES string of the molecule is C[C@@H]1CCC[C@@H](C)CCC[C@@H](C)CC[C@H](C)CCC[C@H](C)CCC[C@@H](C)CCC[C@@H](C)CCOCC(CO)OCC[C@H](C)CCC[C@H](C)CCC[C@@H](C)CCC[C@@H](C)CC[C@H](C)CCC[C@H](C)CCC[C@@H](C)CCC[C@@H](C)CCOC(CO)COCC[C@H](C)CCC1. The quantitative estimate of drug-likeness (QED) is 0.287. The third-order valence-electron chi connectivity index (χ3n) is 23.5. The van der Waals surface area contributed by atoms with Gasteiger partial charge in [-0.2, -0.15) is 0 Å². The molecule has 0 spiro atoms. The minimum Gasteiger partial charge on any atom is -0.394 e. The first-order valence-corrected chi connectivity index (χ1v) is 41.8. The maximum absolute atomic E-state index is 10.0. The topological polar surface area (TPSA) is 77.4 Å². The van der Waals surface area contributed by atoms with Crippen LogP contribution in [0, 0.1) is 94.7 Å². The fourth-order valence-electron chi connectivity index (χ4n) is 15.4. The van der Waals surface area contributed by atoms with Gasteiger partial charge in [-0.1, -0.05) is 368 Å². The van der Waals surface area contributed by atoms with Gasteiger partial charge in [0.2, 0.25) is 0 Å². The van der Waals surface area contributed by atoms with E-state index in [1.807, 2.05) is 0 Å². The number of rotatable bonds is 2. The van der Waals surface area contributed by atoms with Crippen LogP contribution >= 0.6 is 0 Å². The van der Waals surface area contributed by atoms with Crippen LogP contribution in [0.5, 0.6) is 0 Å². The van der Waals surface area contributed by atoms with Gasteiger partial charge in [-0.3, -0.25) is 0 Å². The van der Waals surface area contributed by atoms with Crippen LogP contribution in [0.15, 0.2) is 0 Å². The Bertz CT molecular complexity index is 1410. The molecule has 2 N–H and O–H groups in total. The average molecular weight is 1300 g/mol. The standard InChI is InChI=1S/C86H172O6/c1-69-29-17-33-73(5)41-25-49-81(13)57-61-89-67-85(65-87)91-63-59-83(15)51-27-43-75(7)35-19-31-71(3)39-23-47-79(11)55-56-80(12)48-24-40-72(4)32-20-36-76(8)44-28-52-84(16)60-64-92-86(66-88)68-90-62-58-82(14)50-26-42-74(6)34-18-30-70(2)38-22-46-78(10)54-53-77(9)45-21-37-69/h69-88H,17-68H2,1-16H3/t69-,70-,71-,72-,73-,74-,75-,76-,77-,78-,79-,80-,81-,82-,83-,84-,85?,86?/m1/s1. The van der Waals surface area contributed by atoms with Crippen molar-refractivity contribution in [3.8, 4) is 0 Å². The summed E-state index contributed by atoms with van der Waals surface area (Å²) in [6.07, 6.45) is 59.0. The number of hydrogen-bond donors (Lipinski definition) is 2. The molecule has 0 aromatic carbocycles. The molecular weight excluding hydrogens is 1130 g/mol. The predicted molar refractivity (Wildman–Crippen MR) is 405 cm³/mol. The molecular formula is C86H172O6.